The number of hydrogen-bond donors (Lipinski definition) is 2. The molecular weight excluding hydrogens is 256 g/mol. The molecule has 0 aromatic heterocycles. The molecule has 20 heavy (non-hydrogen) atoms. The van der Waals surface area contributed by atoms with E-state index in [-0.39, 0.29) is 18.0 Å². The van der Waals surface area contributed by atoms with Crippen LogP contribution >= 0.6 is 0 Å². The lowest BCUT2D eigenvalue weighted by Gasteiger charge is -2.20. The maximum Gasteiger partial charge on any atom is 0.242 e. The smallest absolute Gasteiger partial charge is 0.242 e. The van der Waals surface area contributed by atoms with Gasteiger partial charge in [-0.3, -0.25) is 4.79 Å². The molecule has 0 fully saturated rings. The fraction of sp³-hybridized carbons (Fsp3) is 0.533. The summed E-state index contributed by atoms with van der Waals surface area (Å²) in [5.41, 5.74) is 0.764. The highest BCUT2D eigenvalue weighted by Crippen LogP contribution is 2.29. The van der Waals surface area contributed by atoms with Crippen LogP contribution in [0.2, 0.25) is 0 Å². The SMILES string of the molecule is CCC(C)NC(=O)C(C)Nc1ccc(OC)cc1OC. The molecule has 1 rings (SSSR count). The Bertz CT molecular complexity index is 449. The Morgan fingerprint density at radius 1 is 1.25 bits per heavy atom. The average Bonchev–Trinajstić information content (AvgIpc) is 2.47. The molecule has 0 heterocycles. The summed E-state index contributed by atoms with van der Waals surface area (Å²) >= 11 is 0. The van der Waals surface area contributed by atoms with Crippen molar-refractivity contribution in [3.63, 3.8) is 0 Å². The van der Waals surface area contributed by atoms with Crippen LogP contribution < -0.4 is 20.1 Å². The zero-order chi connectivity index (χ0) is 15.1. The third-order valence-corrected chi connectivity index (χ3v) is 3.18. The number of ether oxygens (including phenoxy) is 2. The van der Waals surface area contributed by atoms with E-state index >= 15 is 0 Å². The zero-order valence-corrected chi connectivity index (χ0v) is 12.8. The van der Waals surface area contributed by atoms with Crippen molar-refractivity contribution in [1.29, 1.82) is 0 Å². The zero-order valence-electron chi connectivity index (χ0n) is 12.8. The number of amides is 1. The van der Waals surface area contributed by atoms with Crippen molar-refractivity contribution in [2.45, 2.75) is 39.3 Å². The molecule has 2 atom stereocenters. The number of carbonyl (C=O) groups is 1. The Morgan fingerprint density at radius 3 is 2.50 bits per heavy atom. The minimum absolute atomic E-state index is 0.0304. The minimum atomic E-state index is -0.341. The molecule has 1 aromatic carbocycles. The molecule has 0 aliphatic rings. The lowest BCUT2D eigenvalue weighted by molar-refractivity contribution is -0.122. The van der Waals surface area contributed by atoms with Crippen LogP contribution in [0.15, 0.2) is 18.2 Å². The summed E-state index contributed by atoms with van der Waals surface area (Å²) in [7, 11) is 3.19. The van der Waals surface area contributed by atoms with E-state index in [1.165, 1.54) is 0 Å². The number of hydrogen-bond acceptors (Lipinski definition) is 4. The second-order valence-corrected chi connectivity index (χ2v) is 4.75. The van der Waals surface area contributed by atoms with E-state index in [1.54, 1.807) is 20.3 Å². The van der Waals surface area contributed by atoms with Gasteiger partial charge >= 0.3 is 0 Å². The van der Waals surface area contributed by atoms with Crippen LogP contribution in [0.5, 0.6) is 11.5 Å². The van der Waals surface area contributed by atoms with Crippen molar-refractivity contribution < 1.29 is 14.3 Å². The highest BCUT2D eigenvalue weighted by molar-refractivity contribution is 5.85. The van der Waals surface area contributed by atoms with E-state index in [9.17, 15) is 4.79 Å². The van der Waals surface area contributed by atoms with Crippen molar-refractivity contribution in [3.8, 4) is 11.5 Å². The summed E-state index contributed by atoms with van der Waals surface area (Å²) in [4.78, 5) is 12.0. The highest BCUT2D eigenvalue weighted by atomic mass is 16.5. The van der Waals surface area contributed by atoms with Crippen LogP contribution in [0.4, 0.5) is 5.69 Å². The third kappa shape index (κ3) is 4.33. The predicted octanol–water partition coefficient (Wildman–Crippen LogP) is 2.42. The normalized spacial score (nSPS) is 13.2. The van der Waals surface area contributed by atoms with Crippen molar-refractivity contribution in [2.75, 3.05) is 19.5 Å². The first-order valence-corrected chi connectivity index (χ1v) is 6.80. The predicted molar refractivity (Wildman–Crippen MR) is 80.5 cm³/mol. The van der Waals surface area contributed by atoms with Crippen LogP contribution in [0, 0.1) is 0 Å². The first-order valence-electron chi connectivity index (χ1n) is 6.80. The second-order valence-electron chi connectivity index (χ2n) is 4.75. The molecule has 0 saturated carbocycles. The van der Waals surface area contributed by atoms with Gasteiger partial charge in [-0.2, -0.15) is 0 Å². The Balaban J connectivity index is 2.74. The first-order chi connectivity index (χ1) is 9.51. The van der Waals surface area contributed by atoms with E-state index in [2.05, 4.69) is 10.6 Å². The Hall–Kier alpha value is -1.91. The molecule has 5 nitrogen and oxygen atoms in total. The Morgan fingerprint density at radius 2 is 1.95 bits per heavy atom. The molecule has 0 aliphatic carbocycles. The van der Waals surface area contributed by atoms with E-state index in [0.717, 1.165) is 12.1 Å². The molecule has 2 unspecified atom stereocenters. The van der Waals surface area contributed by atoms with Crippen LogP contribution in [-0.2, 0) is 4.79 Å². The van der Waals surface area contributed by atoms with Gasteiger partial charge in [0.1, 0.15) is 17.5 Å². The molecule has 0 spiro atoms. The van der Waals surface area contributed by atoms with Gasteiger partial charge < -0.3 is 20.1 Å². The van der Waals surface area contributed by atoms with Gasteiger partial charge in [0, 0.05) is 12.1 Å². The second kappa shape index (κ2) is 7.62. The van der Waals surface area contributed by atoms with Crippen molar-refractivity contribution in [3.05, 3.63) is 18.2 Å². The molecule has 1 amide bonds. The lowest BCUT2D eigenvalue weighted by atomic mass is 10.2. The number of anilines is 1. The summed E-state index contributed by atoms with van der Waals surface area (Å²) in [5.74, 6) is 1.33. The molecular formula is C15H24N2O3. The summed E-state index contributed by atoms with van der Waals surface area (Å²) in [6.07, 6.45) is 0.907. The molecule has 0 aliphatic heterocycles. The Kier molecular flexibility index (Phi) is 6.15. The maximum atomic E-state index is 12.0. The summed E-state index contributed by atoms with van der Waals surface area (Å²) < 4.78 is 10.4. The number of benzene rings is 1. The fourth-order valence-electron chi connectivity index (χ4n) is 1.69. The monoisotopic (exact) mass is 280 g/mol. The summed E-state index contributed by atoms with van der Waals surface area (Å²) in [6, 6.07) is 5.27. The Labute approximate surface area is 120 Å². The van der Waals surface area contributed by atoms with E-state index in [1.807, 2.05) is 32.9 Å². The number of carbonyl (C=O) groups excluding carboxylic acids is 1. The topological polar surface area (TPSA) is 59.6 Å². The third-order valence-electron chi connectivity index (χ3n) is 3.18. The lowest BCUT2D eigenvalue weighted by Crippen LogP contribution is -2.41. The van der Waals surface area contributed by atoms with Crippen molar-refractivity contribution in [1.82, 2.24) is 5.32 Å². The van der Waals surface area contributed by atoms with E-state index < -0.39 is 0 Å². The van der Waals surface area contributed by atoms with Crippen LogP contribution in [0.25, 0.3) is 0 Å². The average molecular weight is 280 g/mol. The van der Waals surface area contributed by atoms with Crippen molar-refractivity contribution in [2.24, 2.45) is 0 Å². The van der Waals surface area contributed by atoms with Gasteiger partial charge in [-0.15, -0.1) is 0 Å². The highest BCUT2D eigenvalue weighted by Gasteiger charge is 2.16. The quantitative estimate of drug-likeness (QED) is 0.805. The van der Waals surface area contributed by atoms with Gasteiger partial charge in [-0.25, -0.2) is 0 Å². The van der Waals surface area contributed by atoms with Gasteiger partial charge in [0.25, 0.3) is 0 Å². The van der Waals surface area contributed by atoms with Gasteiger partial charge in [0.15, 0.2) is 0 Å². The molecule has 0 bridgehead atoms. The molecule has 1 aromatic rings. The standard InChI is InChI=1S/C15H24N2O3/c1-6-10(2)16-15(18)11(3)17-13-8-7-12(19-4)9-14(13)20-5/h7-11,17H,6H2,1-5H3,(H,16,18). The summed E-state index contributed by atoms with van der Waals surface area (Å²) in [5, 5.41) is 6.09. The first kappa shape index (κ1) is 16.1. The molecule has 2 N–H and O–H groups in total. The number of rotatable bonds is 7. The number of methoxy groups -OCH3 is 2. The molecule has 112 valence electrons. The minimum Gasteiger partial charge on any atom is -0.497 e. The van der Waals surface area contributed by atoms with Crippen molar-refractivity contribution >= 4 is 11.6 Å². The van der Waals surface area contributed by atoms with Gasteiger partial charge in [-0.05, 0) is 32.4 Å². The maximum absolute atomic E-state index is 12.0. The molecule has 0 radical (unpaired) electrons. The fourth-order valence-corrected chi connectivity index (χ4v) is 1.69. The summed E-state index contributed by atoms with van der Waals surface area (Å²) in [6.45, 7) is 5.84. The van der Waals surface area contributed by atoms with E-state index in [0.29, 0.717) is 11.5 Å². The van der Waals surface area contributed by atoms with Gasteiger partial charge in [0.2, 0.25) is 5.91 Å². The van der Waals surface area contributed by atoms with Crippen LogP contribution in [-0.4, -0.2) is 32.2 Å². The van der Waals surface area contributed by atoms with Crippen LogP contribution in [0.1, 0.15) is 27.2 Å². The molecule has 5 heteroatoms. The van der Waals surface area contributed by atoms with Crippen LogP contribution in [0.3, 0.4) is 0 Å². The molecule has 0 saturated heterocycles. The van der Waals surface area contributed by atoms with Gasteiger partial charge in [-0.1, -0.05) is 6.92 Å². The number of nitrogens with one attached hydrogen (secondary N) is 2. The van der Waals surface area contributed by atoms with Gasteiger partial charge in [0.05, 0.1) is 19.9 Å². The largest absolute Gasteiger partial charge is 0.497 e. The van der Waals surface area contributed by atoms with E-state index in [4.69, 9.17) is 9.47 Å².